The third-order valence-electron chi connectivity index (χ3n) is 3.60. The fraction of sp³-hybridized carbons (Fsp3) is 0.600. The molecule has 17 heavy (non-hydrogen) atoms. The molecule has 1 aliphatic rings. The number of nitrogens with one attached hydrogen (secondary N) is 1. The molecule has 94 valence electrons. The van der Waals surface area contributed by atoms with E-state index >= 15 is 0 Å². The third kappa shape index (κ3) is 3.55. The molecule has 1 aromatic rings. The van der Waals surface area contributed by atoms with Gasteiger partial charge in [-0.1, -0.05) is 43.7 Å². The van der Waals surface area contributed by atoms with Crippen LogP contribution in [0.2, 0.25) is 0 Å². The second-order valence-electron chi connectivity index (χ2n) is 4.83. The number of likely N-dealkylation sites (tertiary alicyclic amines) is 1. The van der Waals surface area contributed by atoms with E-state index in [9.17, 15) is 0 Å². The van der Waals surface area contributed by atoms with Crippen molar-refractivity contribution in [2.75, 3.05) is 26.2 Å². The highest BCUT2D eigenvalue weighted by Gasteiger charge is 2.21. The quantitative estimate of drug-likeness (QED) is 0.840. The fourth-order valence-electron chi connectivity index (χ4n) is 2.64. The van der Waals surface area contributed by atoms with Gasteiger partial charge in [0.1, 0.15) is 0 Å². The van der Waals surface area contributed by atoms with Crippen LogP contribution >= 0.6 is 0 Å². The van der Waals surface area contributed by atoms with Gasteiger partial charge in [-0.2, -0.15) is 0 Å². The molecule has 1 saturated heterocycles. The first-order chi connectivity index (χ1) is 8.42. The minimum absolute atomic E-state index is 0.552. The van der Waals surface area contributed by atoms with Gasteiger partial charge in [0.2, 0.25) is 0 Å². The van der Waals surface area contributed by atoms with Crippen LogP contribution in [-0.4, -0.2) is 31.1 Å². The summed E-state index contributed by atoms with van der Waals surface area (Å²) in [5.41, 5.74) is 1.45. The Bertz CT molecular complexity index is 304. The molecule has 1 aromatic carbocycles. The van der Waals surface area contributed by atoms with Crippen molar-refractivity contribution in [3.63, 3.8) is 0 Å². The minimum Gasteiger partial charge on any atom is -0.315 e. The van der Waals surface area contributed by atoms with Crippen molar-refractivity contribution < 1.29 is 0 Å². The smallest absolute Gasteiger partial charge is 0.0472 e. The van der Waals surface area contributed by atoms with Crippen LogP contribution in [0.3, 0.4) is 0 Å². The molecule has 1 N–H and O–H groups in total. The number of likely N-dealkylation sites (N-methyl/N-ethyl adjacent to an activating group) is 1. The Kier molecular flexibility index (Phi) is 5.02. The monoisotopic (exact) mass is 232 g/mol. The molecule has 2 heteroatoms. The highest BCUT2D eigenvalue weighted by Crippen LogP contribution is 2.23. The van der Waals surface area contributed by atoms with Crippen LogP contribution in [0.1, 0.15) is 37.8 Å². The van der Waals surface area contributed by atoms with E-state index in [0.717, 1.165) is 13.1 Å². The Hall–Kier alpha value is -0.860. The number of nitrogens with zero attached hydrogens (tertiary/aromatic N) is 1. The van der Waals surface area contributed by atoms with E-state index in [2.05, 4.69) is 47.5 Å². The van der Waals surface area contributed by atoms with E-state index in [-0.39, 0.29) is 0 Å². The second kappa shape index (κ2) is 6.77. The molecular weight excluding hydrogens is 208 g/mol. The molecule has 2 nitrogen and oxygen atoms in total. The van der Waals surface area contributed by atoms with Crippen molar-refractivity contribution in [1.82, 2.24) is 10.2 Å². The van der Waals surface area contributed by atoms with Crippen molar-refractivity contribution in [1.29, 1.82) is 0 Å². The maximum Gasteiger partial charge on any atom is 0.0472 e. The topological polar surface area (TPSA) is 15.3 Å². The Balaban J connectivity index is 2.06. The van der Waals surface area contributed by atoms with Crippen LogP contribution in [0, 0.1) is 0 Å². The van der Waals surface area contributed by atoms with Crippen molar-refractivity contribution in [3.8, 4) is 0 Å². The lowest BCUT2D eigenvalue weighted by Gasteiger charge is -2.35. The second-order valence-corrected chi connectivity index (χ2v) is 4.83. The summed E-state index contributed by atoms with van der Waals surface area (Å²) in [6, 6.07) is 11.5. The number of rotatable bonds is 5. The molecule has 1 unspecified atom stereocenters. The van der Waals surface area contributed by atoms with Gasteiger partial charge in [-0.15, -0.1) is 0 Å². The van der Waals surface area contributed by atoms with Crippen LogP contribution < -0.4 is 5.32 Å². The van der Waals surface area contributed by atoms with Gasteiger partial charge in [0.25, 0.3) is 0 Å². The van der Waals surface area contributed by atoms with E-state index in [0.29, 0.717) is 6.04 Å². The van der Waals surface area contributed by atoms with E-state index in [1.165, 1.54) is 37.9 Å². The Morgan fingerprint density at radius 1 is 1.12 bits per heavy atom. The standard InChI is InChI=1S/C15H24N2/c1-2-16-13-15(14-9-5-3-6-10-14)17-11-7-4-8-12-17/h3,5-6,9-10,15-16H,2,4,7-8,11-13H2,1H3. The predicted molar refractivity (Wildman–Crippen MR) is 73.2 cm³/mol. The van der Waals surface area contributed by atoms with E-state index in [4.69, 9.17) is 0 Å². The molecule has 0 amide bonds. The molecule has 1 atom stereocenters. The summed E-state index contributed by atoms with van der Waals surface area (Å²) in [5, 5.41) is 3.50. The van der Waals surface area contributed by atoms with Crippen molar-refractivity contribution in [2.45, 2.75) is 32.2 Å². The summed E-state index contributed by atoms with van der Waals surface area (Å²) in [6.07, 6.45) is 4.12. The first kappa shape index (κ1) is 12.6. The Labute approximate surface area is 105 Å². The van der Waals surface area contributed by atoms with Crippen LogP contribution in [0.5, 0.6) is 0 Å². The maximum atomic E-state index is 3.50. The number of hydrogen-bond donors (Lipinski definition) is 1. The van der Waals surface area contributed by atoms with Crippen LogP contribution in [-0.2, 0) is 0 Å². The van der Waals surface area contributed by atoms with Gasteiger partial charge in [-0.3, -0.25) is 4.90 Å². The lowest BCUT2D eigenvalue weighted by Crippen LogP contribution is -2.39. The average molecular weight is 232 g/mol. The van der Waals surface area contributed by atoms with Crippen LogP contribution in [0.4, 0.5) is 0 Å². The lowest BCUT2D eigenvalue weighted by atomic mass is 10.0. The van der Waals surface area contributed by atoms with Gasteiger partial charge in [0.05, 0.1) is 0 Å². The van der Waals surface area contributed by atoms with E-state index in [1.807, 2.05) is 0 Å². The summed E-state index contributed by atoms with van der Waals surface area (Å²) in [5.74, 6) is 0. The Morgan fingerprint density at radius 2 is 1.82 bits per heavy atom. The molecular formula is C15H24N2. The highest BCUT2D eigenvalue weighted by atomic mass is 15.2. The number of hydrogen-bond acceptors (Lipinski definition) is 2. The van der Waals surface area contributed by atoms with Gasteiger partial charge >= 0.3 is 0 Å². The van der Waals surface area contributed by atoms with Gasteiger partial charge < -0.3 is 5.32 Å². The number of piperidine rings is 1. The van der Waals surface area contributed by atoms with Gasteiger partial charge in [0, 0.05) is 12.6 Å². The van der Waals surface area contributed by atoms with Crippen molar-refractivity contribution in [2.24, 2.45) is 0 Å². The number of benzene rings is 1. The molecule has 0 saturated carbocycles. The minimum atomic E-state index is 0.552. The molecule has 2 rings (SSSR count). The summed E-state index contributed by atoms with van der Waals surface area (Å²) < 4.78 is 0. The van der Waals surface area contributed by atoms with Crippen LogP contribution in [0.25, 0.3) is 0 Å². The molecule has 0 spiro atoms. The normalized spacial score (nSPS) is 19.1. The van der Waals surface area contributed by atoms with Gasteiger partial charge in [-0.05, 0) is 38.0 Å². The first-order valence-electron chi connectivity index (χ1n) is 6.91. The fourth-order valence-corrected chi connectivity index (χ4v) is 2.64. The predicted octanol–water partition coefficient (Wildman–Crippen LogP) is 2.82. The molecule has 0 radical (unpaired) electrons. The SMILES string of the molecule is CCNCC(c1ccccc1)N1CCCCC1. The molecule has 1 fully saturated rings. The summed E-state index contributed by atoms with van der Waals surface area (Å²) >= 11 is 0. The zero-order valence-electron chi connectivity index (χ0n) is 10.9. The van der Waals surface area contributed by atoms with Gasteiger partial charge in [0.15, 0.2) is 0 Å². The summed E-state index contributed by atoms with van der Waals surface area (Å²) in [6.45, 7) is 6.81. The maximum absolute atomic E-state index is 3.50. The van der Waals surface area contributed by atoms with E-state index < -0.39 is 0 Å². The summed E-state index contributed by atoms with van der Waals surface area (Å²) in [7, 11) is 0. The average Bonchev–Trinajstić information content (AvgIpc) is 2.42. The molecule has 1 aliphatic heterocycles. The third-order valence-corrected chi connectivity index (χ3v) is 3.60. The lowest BCUT2D eigenvalue weighted by molar-refractivity contribution is 0.161. The molecule has 0 aromatic heterocycles. The van der Waals surface area contributed by atoms with E-state index in [1.54, 1.807) is 0 Å². The molecule has 1 heterocycles. The first-order valence-corrected chi connectivity index (χ1v) is 6.91. The Morgan fingerprint density at radius 3 is 2.47 bits per heavy atom. The molecule has 0 bridgehead atoms. The molecule has 0 aliphatic carbocycles. The van der Waals surface area contributed by atoms with Crippen LogP contribution in [0.15, 0.2) is 30.3 Å². The zero-order chi connectivity index (χ0) is 11.9. The largest absolute Gasteiger partial charge is 0.315 e. The summed E-state index contributed by atoms with van der Waals surface area (Å²) in [4.78, 5) is 2.64. The van der Waals surface area contributed by atoms with Crippen molar-refractivity contribution in [3.05, 3.63) is 35.9 Å². The zero-order valence-corrected chi connectivity index (χ0v) is 10.9. The van der Waals surface area contributed by atoms with Gasteiger partial charge in [-0.25, -0.2) is 0 Å². The van der Waals surface area contributed by atoms with Crippen molar-refractivity contribution >= 4 is 0 Å². The highest BCUT2D eigenvalue weighted by molar-refractivity contribution is 5.19.